The Bertz CT molecular complexity index is 673. The number of aliphatic hydroxyl groups is 1. The fourth-order valence-electron chi connectivity index (χ4n) is 2.06. The predicted octanol–water partition coefficient (Wildman–Crippen LogP) is 3.85. The Morgan fingerprint density at radius 1 is 1.30 bits per heavy atom. The van der Waals surface area contributed by atoms with Gasteiger partial charge < -0.3 is 9.84 Å². The van der Waals surface area contributed by atoms with Gasteiger partial charge in [0.25, 0.3) is 0 Å². The lowest BCUT2D eigenvalue weighted by Gasteiger charge is -2.15. The minimum absolute atomic E-state index is 0.463. The lowest BCUT2D eigenvalue weighted by Crippen LogP contribution is -2.02. The maximum atomic E-state index is 10.1. The molecule has 2 heteroatoms. The van der Waals surface area contributed by atoms with Crippen molar-refractivity contribution in [2.24, 2.45) is 0 Å². The smallest absolute Gasteiger partial charge is 0.144 e. The Kier molecular flexibility index (Phi) is 4.45. The van der Waals surface area contributed by atoms with Crippen LogP contribution in [0.4, 0.5) is 0 Å². The van der Waals surface area contributed by atoms with Gasteiger partial charge in [0, 0.05) is 5.56 Å². The summed E-state index contributed by atoms with van der Waals surface area (Å²) in [5.74, 6) is 3.00. The zero-order valence-electron chi connectivity index (χ0n) is 11.8. The van der Waals surface area contributed by atoms with Crippen molar-refractivity contribution in [2.45, 2.75) is 20.0 Å². The van der Waals surface area contributed by atoms with Gasteiger partial charge in [0.05, 0.1) is 0 Å². The van der Waals surface area contributed by atoms with Crippen LogP contribution in [0, 0.1) is 12.3 Å². The SMILES string of the molecule is C#CC(O)c1c(OCC=C(C)C)ccc2ccccc12. The summed E-state index contributed by atoms with van der Waals surface area (Å²) in [6, 6.07) is 11.6. The third kappa shape index (κ3) is 3.01. The van der Waals surface area contributed by atoms with E-state index < -0.39 is 6.10 Å². The summed E-state index contributed by atoms with van der Waals surface area (Å²) in [4.78, 5) is 0. The number of hydrogen-bond donors (Lipinski definition) is 1. The highest BCUT2D eigenvalue weighted by atomic mass is 16.5. The molecule has 0 aliphatic rings. The van der Waals surface area contributed by atoms with Crippen LogP contribution in [-0.4, -0.2) is 11.7 Å². The molecule has 0 bridgehead atoms. The molecule has 0 fully saturated rings. The molecule has 1 atom stereocenters. The Morgan fingerprint density at radius 3 is 2.75 bits per heavy atom. The molecule has 1 N–H and O–H groups in total. The number of ether oxygens (including phenoxy) is 1. The average Bonchev–Trinajstić information content (AvgIpc) is 2.45. The fourth-order valence-corrected chi connectivity index (χ4v) is 2.06. The summed E-state index contributed by atoms with van der Waals surface area (Å²) < 4.78 is 5.75. The summed E-state index contributed by atoms with van der Waals surface area (Å²) in [5.41, 5.74) is 1.84. The lowest BCUT2D eigenvalue weighted by molar-refractivity contribution is 0.232. The standard InChI is InChI=1S/C18H18O2/c1-4-16(19)18-15-8-6-5-7-14(15)9-10-17(18)20-12-11-13(2)3/h1,5-11,16,19H,12H2,2-3H3. The monoisotopic (exact) mass is 266 g/mol. The molecule has 0 aromatic heterocycles. The Balaban J connectivity index is 2.48. The second kappa shape index (κ2) is 6.27. The minimum atomic E-state index is -0.970. The zero-order chi connectivity index (χ0) is 14.5. The maximum absolute atomic E-state index is 10.1. The molecule has 2 rings (SSSR count). The van der Waals surface area contributed by atoms with Crippen molar-refractivity contribution in [3.63, 3.8) is 0 Å². The van der Waals surface area contributed by atoms with Crippen molar-refractivity contribution >= 4 is 10.8 Å². The highest BCUT2D eigenvalue weighted by molar-refractivity contribution is 5.88. The van der Waals surface area contributed by atoms with Gasteiger partial charge in [0.1, 0.15) is 18.5 Å². The van der Waals surface area contributed by atoms with Crippen molar-refractivity contribution in [1.29, 1.82) is 0 Å². The number of hydrogen-bond acceptors (Lipinski definition) is 2. The summed E-state index contributed by atoms with van der Waals surface area (Å²) >= 11 is 0. The van der Waals surface area contributed by atoms with E-state index in [-0.39, 0.29) is 0 Å². The number of terminal acetylenes is 1. The third-order valence-corrected chi connectivity index (χ3v) is 3.09. The maximum Gasteiger partial charge on any atom is 0.144 e. The van der Waals surface area contributed by atoms with E-state index in [2.05, 4.69) is 5.92 Å². The highest BCUT2D eigenvalue weighted by Gasteiger charge is 2.15. The first kappa shape index (κ1) is 14.2. The van der Waals surface area contributed by atoms with E-state index >= 15 is 0 Å². The van der Waals surface area contributed by atoms with Crippen LogP contribution in [0.2, 0.25) is 0 Å². The molecule has 2 aromatic rings. The van der Waals surface area contributed by atoms with Crippen LogP contribution in [0.15, 0.2) is 48.0 Å². The quantitative estimate of drug-likeness (QED) is 0.672. The first-order chi connectivity index (χ1) is 9.63. The third-order valence-electron chi connectivity index (χ3n) is 3.09. The van der Waals surface area contributed by atoms with Gasteiger partial charge in [0.15, 0.2) is 0 Å². The van der Waals surface area contributed by atoms with Gasteiger partial charge in [-0.2, -0.15) is 0 Å². The van der Waals surface area contributed by atoms with Gasteiger partial charge in [-0.3, -0.25) is 0 Å². The molecule has 0 saturated heterocycles. The second-order valence-electron chi connectivity index (χ2n) is 4.86. The number of allylic oxidation sites excluding steroid dienone is 1. The van der Waals surface area contributed by atoms with E-state index in [0.29, 0.717) is 17.9 Å². The van der Waals surface area contributed by atoms with Crippen molar-refractivity contribution < 1.29 is 9.84 Å². The molecule has 1 unspecified atom stereocenters. The summed E-state index contributed by atoms with van der Waals surface area (Å²) in [5, 5.41) is 12.0. The van der Waals surface area contributed by atoms with Crippen LogP contribution >= 0.6 is 0 Å². The van der Waals surface area contributed by atoms with E-state index in [9.17, 15) is 5.11 Å². The molecule has 20 heavy (non-hydrogen) atoms. The van der Waals surface area contributed by atoms with Crippen molar-refractivity contribution in [2.75, 3.05) is 6.61 Å². The van der Waals surface area contributed by atoms with Gasteiger partial charge in [-0.05, 0) is 36.8 Å². The average molecular weight is 266 g/mol. The molecule has 0 amide bonds. The molecular weight excluding hydrogens is 248 g/mol. The van der Waals surface area contributed by atoms with Crippen LogP contribution in [0.1, 0.15) is 25.5 Å². The normalized spacial score (nSPS) is 11.7. The van der Waals surface area contributed by atoms with Crippen LogP contribution in [0.3, 0.4) is 0 Å². The second-order valence-corrected chi connectivity index (χ2v) is 4.86. The molecule has 0 aliphatic heterocycles. The molecule has 0 aliphatic carbocycles. The van der Waals surface area contributed by atoms with Gasteiger partial charge in [-0.15, -0.1) is 6.42 Å². The summed E-state index contributed by atoms with van der Waals surface area (Å²) in [6.07, 6.45) is 6.39. The summed E-state index contributed by atoms with van der Waals surface area (Å²) in [7, 11) is 0. The van der Waals surface area contributed by atoms with Crippen LogP contribution in [-0.2, 0) is 0 Å². The Labute approximate surface area is 119 Å². The lowest BCUT2D eigenvalue weighted by atomic mass is 9.99. The molecule has 102 valence electrons. The zero-order valence-corrected chi connectivity index (χ0v) is 11.8. The molecule has 0 heterocycles. The summed E-state index contributed by atoms with van der Waals surface area (Å²) in [6.45, 7) is 4.49. The molecule has 2 nitrogen and oxygen atoms in total. The van der Waals surface area contributed by atoms with Crippen molar-refractivity contribution in [1.82, 2.24) is 0 Å². The van der Waals surface area contributed by atoms with E-state index in [1.165, 1.54) is 5.57 Å². The topological polar surface area (TPSA) is 29.5 Å². The van der Waals surface area contributed by atoms with Crippen molar-refractivity contribution in [3.05, 3.63) is 53.6 Å². The van der Waals surface area contributed by atoms with Gasteiger partial charge in [-0.1, -0.05) is 41.8 Å². The number of fused-ring (bicyclic) bond motifs is 1. The number of benzene rings is 2. The predicted molar refractivity (Wildman–Crippen MR) is 82.7 cm³/mol. The highest BCUT2D eigenvalue weighted by Crippen LogP contribution is 2.33. The Morgan fingerprint density at radius 2 is 2.05 bits per heavy atom. The van der Waals surface area contributed by atoms with Crippen LogP contribution in [0.25, 0.3) is 10.8 Å². The van der Waals surface area contributed by atoms with Gasteiger partial charge >= 0.3 is 0 Å². The van der Waals surface area contributed by atoms with E-state index in [0.717, 1.165) is 10.8 Å². The first-order valence-corrected chi connectivity index (χ1v) is 6.55. The van der Waals surface area contributed by atoms with Gasteiger partial charge in [0.2, 0.25) is 0 Å². The number of rotatable bonds is 4. The largest absolute Gasteiger partial charge is 0.489 e. The van der Waals surface area contributed by atoms with E-state index in [4.69, 9.17) is 11.2 Å². The fraction of sp³-hybridized carbons (Fsp3) is 0.222. The van der Waals surface area contributed by atoms with Gasteiger partial charge in [-0.25, -0.2) is 0 Å². The van der Waals surface area contributed by atoms with Crippen LogP contribution in [0.5, 0.6) is 5.75 Å². The minimum Gasteiger partial charge on any atom is -0.489 e. The van der Waals surface area contributed by atoms with Crippen molar-refractivity contribution in [3.8, 4) is 18.1 Å². The molecule has 0 radical (unpaired) electrons. The Hall–Kier alpha value is -2.24. The van der Waals surface area contributed by atoms with E-state index in [1.54, 1.807) is 0 Å². The molecule has 0 spiro atoms. The number of aliphatic hydroxyl groups excluding tert-OH is 1. The first-order valence-electron chi connectivity index (χ1n) is 6.55. The van der Waals surface area contributed by atoms with E-state index in [1.807, 2.05) is 56.3 Å². The molecular formula is C18H18O2. The molecule has 0 saturated carbocycles. The molecule has 2 aromatic carbocycles. The van der Waals surface area contributed by atoms with Crippen LogP contribution < -0.4 is 4.74 Å².